The van der Waals surface area contributed by atoms with Crippen LogP contribution in [-0.4, -0.2) is 35.6 Å². The van der Waals surface area contributed by atoms with E-state index in [9.17, 15) is 4.79 Å². The minimum Gasteiger partial charge on any atom is -0.461 e. The summed E-state index contributed by atoms with van der Waals surface area (Å²) < 4.78 is 5.83. The maximum atomic E-state index is 12.6. The number of rotatable bonds is 3. The molecule has 4 unspecified atom stereocenters. The highest BCUT2D eigenvalue weighted by molar-refractivity contribution is 5.72. The van der Waals surface area contributed by atoms with Crippen LogP contribution in [0.5, 0.6) is 0 Å². The number of carbonyl (C=O) groups is 1. The Hall–Kier alpha value is -0.570. The summed E-state index contributed by atoms with van der Waals surface area (Å²) >= 11 is 0. The van der Waals surface area contributed by atoms with Gasteiger partial charge >= 0.3 is 5.97 Å². The number of hydrogen-bond donors (Lipinski definition) is 0. The van der Waals surface area contributed by atoms with Crippen molar-refractivity contribution in [1.82, 2.24) is 4.90 Å². The van der Waals surface area contributed by atoms with Crippen LogP contribution in [0.1, 0.15) is 83.5 Å². The molecule has 3 heteroatoms. The van der Waals surface area contributed by atoms with E-state index in [1.807, 2.05) is 0 Å². The Labute approximate surface area is 141 Å². The van der Waals surface area contributed by atoms with Crippen molar-refractivity contribution in [2.24, 2.45) is 11.8 Å². The van der Waals surface area contributed by atoms with E-state index in [2.05, 4.69) is 4.90 Å². The lowest BCUT2D eigenvalue weighted by atomic mass is 9.73. The van der Waals surface area contributed by atoms with Gasteiger partial charge in [0.2, 0.25) is 0 Å². The van der Waals surface area contributed by atoms with Crippen molar-refractivity contribution in [1.29, 1.82) is 0 Å². The number of nitrogens with zero attached hydrogens (tertiary/aromatic N) is 1. The predicted octanol–water partition coefficient (Wildman–Crippen LogP) is 4.30. The van der Waals surface area contributed by atoms with Crippen molar-refractivity contribution in [3.63, 3.8) is 0 Å². The summed E-state index contributed by atoms with van der Waals surface area (Å²) in [4.78, 5) is 15.1. The molecule has 4 atom stereocenters. The quantitative estimate of drug-likeness (QED) is 0.727. The molecule has 0 aromatic rings. The summed E-state index contributed by atoms with van der Waals surface area (Å²) in [6.07, 6.45) is 17.1. The monoisotopic (exact) mass is 319 g/mol. The standard InChI is InChI=1S/C20H33NO2/c22-20(23-15-8-2-1-3-9-15)14-21-18-12-6-4-10-16(18)17-11-5-7-13-19(17)21/h15-19H,1-14H2. The average molecular weight is 319 g/mol. The van der Waals surface area contributed by atoms with Crippen LogP contribution in [0, 0.1) is 11.8 Å². The first-order valence-corrected chi connectivity index (χ1v) is 10.3. The van der Waals surface area contributed by atoms with Gasteiger partial charge in [0.15, 0.2) is 0 Å². The topological polar surface area (TPSA) is 29.5 Å². The summed E-state index contributed by atoms with van der Waals surface area (Å²) in [6.45, 7) is 0.568. The molecular weight excluding hydrogens is 286 g/mol. The SMILES string of the molecule is O=C(CN1C2CCCCC2C2CCCCC21)OC1CCCCC1. The van der Waals surface area contributed by atoms with Gasteiger partial charge in [0, 0.05) is 12.1 Å². The van der Waals surface area contributed by atoms with Crippen LogP contribution in [0.3, 0.4) is 0 Å². The van der Waals surface area contributed by atoms with E-state index in [0.717, 1.165) is 24.7 Å². The molecule has 0 amide bonds. The highest BCUT2D eigenvalue weighted by Crippen LogP contribution is 2.48. The van der Waals surface area contributed by atoms with Gasteiger partial charge in [-0.3, -0.25) is 9.69 Å². The Morgan fingerprint density at radius 3 is 1.87 bits per heavy atom. The smallest absolute Gasteiger partial charge is 0.320 e. The molecule has 1 saturated heterocycles. The maximum Gasteiger partial charge on any atom is 0.320 e. The zero-order valence-corrected chi connectivity index (χ0v) is 14.5. The van der Waals surface area contributed by atoms with Crippen LogP contribution in [0.2, 0.25) is 0 Å². The second kappa shape index (κ2) is 7.13. The summed E-state index contributed by atoms with van der Waals surface area (Å²) in [5, 5.41) is 0. The minimum atomic E-state index is 0.0625. The Kier molecular flexibility index (Phi) is 4.93. The third-order valence-electron chi connectivity index (χ3n) is 7.13. The number of likely N-dealkylation sites (tertiary alicyclic amines) is 1. The van der Waals surface area contributed by atoms with Crippen LogP contribution in [0.4, 0.5) is 0 Å². The second-order valence-corrected chi connectivity index (χ2v) is 8.45. The molecule has 3 saturated carbocycles. The number of esters is 1. The predicted molar refractivity (Wildman–Crippen MR) is 91.2 cm³/mol. The molecule has 1 heterocycles. The van der Waals surface area contributed by atoms with E-state index in [-0.39, 0.29) is 12.1 Å². The van der Waals surface area contributed by atoms with E-state index in [0.29, 0.717) is 18.6 Å². The highest BCUT2D eigenvalue weighted by atomic mass is 16.5. The molecule has 0 spiro atoms. The molecule has 1 aliphatic heterocycles. The first-order valence-electron chi connectivity index (χ1n) is 10.3. The van der Waals surface area contributed by atoms with Crippen molar-refractivity contribution in [3.05, 3.63) is 0 Å². The number of ether oxygens (including phenoxy) is 1. The molecule has 4 fully saturated rings. The van der Waals surface area contributed by atoms with Gasteiger partial charge in [-0.2, -0.15) is 0 Å². The van der Waals surface area contributed by atoms with E-state index < -0.39 is 0 Å². The minimum absolute atomic E-state index is 0.0625. The molecule has 3 nitrogen and oxygen atoms in total. The van der Waals surface area contributed by atoms with Gasteiger partial charge in [0.25, 0.3) is 0 Å². The van der Waals surface area contributed by atoms with Crippen molar-refractivity contribution >= 4 is 5.97 Å². The molecular formula is C20H33NO2. The lowest BCUT2D eigenvalue weighted by molar-refractivity contribution is -0.153. The maximum absolute atomic E-state index is 12.6. The summed E-state index contributed by atoms with van der Waals surface area (Å²) in [5.74, 6) is 1.81. The molecule has 0 aromatic carbocycles. The number of hydrogen-bond acceptors (Lipinski definition) is 3. The van der Waals surface area contributed by atoms with Gasteiger partial charge < -0.3 is 4.74 Å². The van der Waals surface area contributed by atoms with Gasteiger partial charge in [-0.25, -0.2) is 0 Å². The first-order chi connectivity index (χ1) is 11.3. The molecule has 3 aliphatic carbocycles. The van der Waals surface area contributed by atoms with Crippen LogP contribution < -0.4 is 0 Å². The van der Waals surface area contributed by atoms with E-state index >= 15 is 0 Å². The molecule has 0 aromatic heterocycles. The van der Waals surface area contributed by atoms with Gasteiger partial charge in [-0.05, 0) is 63.2 Å². The number of carbonyl (C=O) groups excluding carboxylic acids is 1. The van der Waals surface area contributed by atoms with E-state index in [4.69, 9.17) is 4.74 Å². The molecule has 4 aliphatic rings. The third kappa shape index (κ3) is 3.31. The average Bonchev–Trinajstić information content (AvgIpc) is 2.90. The molecule has 0 bridgehead atoms. The fourth-order valence-electron chi connectivity index (χ4n) is 6.14. The van der Waals surface area contributed by atoms with E-state index in [1.54, 1.807) is 0 Å². The second-order valence-electron chi connectivity index (χ2n) is 8.45. The zero-order chi connectivity index (χ0) is 15.6. The number of fused-ring (bicyclic) bond motifs is 3. The Balaban J connectivity index is 1.40. The molecule has 23 heavy (non-hydrogen) atoms. The zero-order valence-electron chi connectivity index (χ0n) is 14.5. The van der Waals surface area contributed by atoms with Gasteiger partial charge in [-0.15, -0.1) is 0 Å². The van der Waals surface area contributed by atoms with Crippen LogP contribution in [-0.2, 0) is 9.53 Å². The summed E-state index contributed by atoms with van der Waals surface area (Å²) in [5.41, 5.74) is 0. The van der Waals surface area contributed by atoms with Gasteiger partial charge in [0.1, 0.15) is 6.10 Å². The first kappa shape index (κ1) is 15.9. The van der Waals surface area contributed by atoms with E-state index in [1.165, 1.54) is 70.6 Å². The molecule has 4 rings (SSSR count). The van der Waals surface area contributed by atoms with Crippen molar-refractivity contribution in [3.8, 4) is 0 Å². The summed E-state index contributed by atoms with van der Waals surface area (Å²) in [7, 11) is 0. The van der Waals surface area contributed by atoms with Crippen LogP contribution in [0.25, 0.3) is 0 Å². The Bertz CT molecular complexity index is 396. The normalized spacial score (nSPS) is 38.8. The van der Waals surface area contributed by atoms with Gasteiger partial charge in [0.05, 0.1) is 6.54 Å². The van der Waals surface area contributed by atoms with Crippen molar-refractivity contribution in [2.75, 3.05) is 6.54 Å². The molecule has 0 radical (unpaired) electrons. The largest absolute Gasteiger partial charge is 0.461 e. The van der Waals surface area contributed by atoms with Crippen LogP contribution >= 0.6 is 0 Å². The fourth-order valence-corrected chi connectivity index (χ4v) is 6.14. The van der Waals surface area contributed by atoms with Crippen molar-refractivity contribution in [2.45, 2.75) is 102 Å². The molecule has 0 N–H and O–H groups in total. The lowest BCUT2D eigenvalue weighted by Crippen LogP contribution is -2.44. The Morgan fingerprint density at radius 1 is 0.739 bits per heavy atom. The van der Waals surface area contributed by atoms with Crippen molar-refractivity contribution < 1.29 is 9.53 Å². The third-order valence-corrected chi connectivity index (χ3v) is 7.13. The fraction of sp³-hybridized carbons (Fsp3) is 0.950. The van der Waals surface area contributed by atoms with Crippen LogP contribution in [0.15, 0.2) is 0 Å². The lowest BCUT2D eigenvalue weighted by Gasteiger charge is -2.34. The highest BCUT2D eigenvalue weighted by Gasteiger charge is 2.50. The molecule has 130 valence electrons. The van der Waals surface area contributed by atoms with Gasteiger partial charge in [-0.1, -0.05) is 32.1 Å². The summed E-state index contributed by atoms with van der Waals surface area (Å²) in [6, 6.07) is 1.35. The Morgan fingerprint density at radius 2 is 1.26 bits per heavy atom.